The Kier molecular flexibility index (Phi) is 11.9. The molecule has 0 aliphatic carbocycles. The van der Waals surface area contributed by atoms with Crippen LogP contribution in [0.5, 0.6) is 0 Å². The van der Waals surface area contributed by atoms with Crippen LogP contribution in [0.4, 0.5) is 0 Å². The standard InChI is InChI=1S/C15H37N3Si/c1-6-9-12-16-19(15(4)5,17-13-10-7-2)18-14-11-8-3/h15-18H,6-14H2,1-5H3. The van der Waals surface area contributed by atoms with Crippen molar-refractivity contribution in [3.63, 3.8) is 0 Å². The SMILES string of the molecule is CCCCN[Si](NCCCC)(NCCCC)C(C)C. The summed E-state index contributed by atoms with van der Waals surface area (Å²) >= 11 is 0. The van der Waals surface area contributed by atoms with E-state index in [1.807, 2.05) is 0 Å². The lowest BCUT2D eigenvalue weighted by Crippen LogP contribution is -2.74. The van der Waals surface area contributed by atoms with Gasteiger partial charge < -0.3 is 14.9 Å². The Bertz CT molecular complexity index is 171. The van der Waals surface area contributed by atoms with Crippen molar-refractivity contribution in [3.8, 4) is 0 Å². The molecule has 0 aromatic carbocycles. The van der Waals surface area contributed by atoms with Gasteiger partial charge in [-0.05, 0) is 44.4 Å². The van der Waals surface area contributed by atoms with E-state index >= 15 is 0 Å². The Morgan fingerprint density at radius 2 is 1.00 bits per heavy atom. The van der Waals surface area contributed by atoms with E-state index in [1.165, 1.54) is 38.5 Å². The Morgan fingerprint density at radius 3 is 1.21 bits per heavy atom. The van der Waals surface area contributed by atoms with Crippen molar-refractivity contribution in [3.05, 3.63) is 0 Å². The molecule has 0 amide bonds. The quantitative estimate of drug-likeness (QED) is 0.358. The molecule has 0 fully saturated rings. The maximum Gasteiger partial charge on any atom is 0.284 e. The van der Waals surface area contributed by atoms with Gasteiger partial charge in [-0.15, -0.1) is 0 Å². The summed E-state index contributed by atoms with van der Waals surface area (Å²) in [5, 5.41) is 0. The molecular weight excluding hydrogens is 250 g/mol. The van der Waals surface area contributed by atoms with E-state index in [-0.39, 0.29) is 0 Å². The summed E-state index contributed by atoms with van der Waals surface area (Å²) in [4.78, 5) is 11.6. The summed E-state index contributed by atoms with van der Waals surface area (Å²) in [5.74, 6) is 0. The summed E-state index contributed by atoms with van der Waals surface area (Å²) < 4.78 is 0. The van der Waals surface area contributed by atoms with Gasteiger partial charge in [-0.1, -0.05) is 53.9 Å². The summed E-state index contributed by atoms with van der Waals surface area (Å²) in [6, 6.07) is 0. The summed E-state index contributed by atoms with van der Waals surface area (Å²) in [7, 11) is -1.73. The second kappa shape index (κ2) is 11.9. The average molecular weight is 288 g/mol. The topological polar surface area (TPSA) is 36.1 Å². The van der Waals surface area contributed by atoms with Gasteiger partial charge in [0.15, 0.2) is 0 Å². The molecule has 0 radical (unpaired) electrons. The predicted molar refractivity (Wildman–Crippen MR) is 89.6 cm³/mol. The monoisotopic (exact) mass is 287 g/mol. The van der Waals surface area contributed by atoms with Crippen molar-refractivity contribution in [2.24, 2.45) is 0 Å². The van der Waals surface area contributed by atoms with Crippen LogP contribution >= 0.6 is 0 Å². The Morgan fingerprint density at radius 1 is 0.684 bits per heavy atom. The number of unbranched alkanes of at least 4 members (excludes halogenated alkanes) is 3. The lowest BCUT2D eigenvalue weighted by atomic mass is 10.3. The van der Waals surface area contributed by atoms with Crippen LogP contribution in [0.2, 0.25) is 5.54 Å². The number of rotatable bonds is 13. The zero-order valence-corrected chi connectivity index (χ0v) is 14.9. The molecule has 0 aromatic rings. The van der Waals surface area contributed by atoms with Crippen LogP contribution in [0, 0.1) is 0 Å². The van der Waals surface area contributed by atoms with Gasteiger partial charge in [0.1, 0.15) is 0 Å². The first-order valence-electron chi connectivity index (χ1n) is 8.38. The van der Waals surface area contributed by atoms with Crippen molar-refractivity contribution in [2.75, 3.05) is 19.6 Å². The zero-order valence-electron chi connectivity index (χ0n) is 13.9. The molecule has 3 nitrogen and oxygen atoms in total. The van der Waals surface area contributed by atoms with E-state index in [9.17, 15) is 0 Å². The highest BCUT2D eigenvalue weighted by Crippen LogP contribution is 2.13. The summed E-state index contributed by atoms with van der Waals surface area (Å²) in [5.41, 5.74) is 0.665. The van der Waals surface area contributed by atoms with Crippen LogP contribution in [0.15, 0.2) is 0 Å². The van der Waals surface area contributed by atoms with Gasteiger partial charge in [0, 0.05) is 0 Å². The molecule has 116 valence electrons. The molecule has 0 bridgehead atoms. The fraction of sp³-hybridized carbons (Fsp3) is 1.00. The summed E-state index contributed by atoms with van der Waals surface area (Å²) in [6.45, 7) is 14.9. The molecule has 0 saturated carbocycles. The van der Waals surface area contributed by atoms with Gasteiger partial charge in [0.25, 0.3) is 8.56 Å². The molecule has 0 spiro atoms. The third kappa shape index (κ3) is 8.08. The summed E-state index contributed by atoms with van der Waals surface area (Å²) in [6.07, 6.45) is 7.60. The van der Waals surface area contributed by atoms with Crippen molar-refractivity contribution < 1.29 is 0 Å². The minimum absolute atomic E-state index is 0.665. The first kappa shape index (κ1) is 19.1. The highest BCUT2D eigenvalue weighted by molar-refractivity contribution is 6.74. The first-order valence-corrected chi connectivity index (χ1v) is 10.5. The van der Waals surface area contributed by atoms with Crippen LogP contribution in [-0.2, 0) is 0 Å². The molecule has 0 aromatic heterocycles. The smallest absolute Gasteiger partial charge is 0.284 e. The molecule has 4 heteroatoms. The van der Waals surface area contributed by atoms with Gasteiger partial charge in [-0.3, -0.25) is 0 Å². The van der Waals surface area contributed by atoms with Crippen LogP contribution in [0.25, 0.3) is 0 Å². The zero-order chi connectivity index (χ0) is 14.6. The normalized spacial score (nSPS) is 12.3. The van der Waals surface area contributed by atoms with E-state index in [1.54, 1.807) is 0 Å². The highest BCUT2D eigenvalue weighted by atomic mass is 28.4. The lowest BCUT2D eigenvalue weighted by Gasteiger charge is -2.37. The number of hydrogen-bond donors (Lipinski definition) is 3. The van der Waals surface area contributed by atoms with E-state index in [4.69, 9.17) is 0 Å². The fourth-order valence-corrected chi connectivity index (χ4v) is 5.50. The van der Waals surface area contributed by atoms with Gasteiger partial charge >= 0.3 is 0 Å². The molecule has 0 aliphatic rings. The maximum atomic E-state index is 3.87. The molecule has 0 heterocycles. The third-order valence-electron chi connectivity index (χ3n) is 3.67. The fourth-order valence-electron chi connectivity index (χ4n) is 2.19. The highest BCUT2D eigenvalue weighted by Gasteiger charge is 2.36. The molecule has 19 heavy (non-hydrogen) atoms. The van der Waals surface area contributed by atoms with Crippen LogP contribution in [0.1, 0.15) is 73.1 Å². The second-order valence-electron chi connectivity index (χ2n) is 5.80. The van der Waals surface area contributed by atoms with E-state index in [0.29, 0.717) is 5.54 Å². The second-order valence-corrected chi connectivity index (χ2v) is 9.64. The Balaban J connectivity index is 4.48. The van der Waals surface area contributed by atoms with Gasteiger partial charge in [0.05, 0.1) is 0 Å². The largest absolute Gasteiger partial charge is 0.313 e. The average Bonchev–Trinajstić information content (AvgIpc) is 2.38. The molecule has 0 unspecified atom stereocenters. The molecule has 0 aliphatic heterocycles. The van der Waals surface area contributed by atoms with Crippen molar-refractivity contribution in [1.82, 2.24) is 14.9 Å². The van der Waals surface area contributed by atoms with Crippen LogP contribution in [0.3, 0.4) is 0 Å². The first-order chi connectivity index (χ1) is 9.13. The Labute approximate surface area is 122 Å². The number of nitrogens with one attached hydrogen (secondary N) is 3. The number of hydrogen-bond acceptors (Lipinski definition) is 3. The van der Waals surface area contributed by atoms with Gasteiger partial charge in [0.2, 0.25) is 0 Å². The van der Waals surface area contributed by atoms with Crippen LogP contribution in [-0.4, -0.2) is 28.2 Å². The van der Waals surface area contributed by atoms with Crippen molar-refractivity contribution in [1.29, 1.82) is 0 Å². The lowest BCUT2D eigenvalue weighted by molar-refractivity contribution is 0.633. The Hall–Kier alpha value is 0.0969. The van der Waals surface area contributed by atoms with Gasteiger partial charge in [-0.2, -0.15) is 0 Å². The van der Waals surface area contributed by atoms with Crippen molar-refractivity contribution in [2.45, 2.75) is 78.7 Å². The molecule has 0 rings (SSSR count). The maximum absolute atomic E-state index is 3.87. The van der Waals surface area contributed by atoms with E-state index in [2.05, 4.69) is 49.6 Å². The predicted octanol–water partition coefficient (Wildman–Crippen LogP) is 3.50. The van der Waals surface area contributed by atoms with Crippen LogP contribution < -0.4 is 14.9 Å². The minimum Gasteiger partial charge on any atom is -0.313 e. The van der Waals surface area contributed by atoms with E-state index in [0.717, 1.165) is 19.6 Å². The van der Waals surface area contributed by atoms with E-state index < -0.39 is 8.56 Å². The minimum atomic E-state index is -1.73. The van der Waals surface area contributed by atoms with Gasteiger partial charge in [-0.25, -0.2) is 0 Å². The molecule has 3 N–H and O–H groups in total. The van der Waals surface area contributed by atoms with Crippen molar-refractivity contribution >= 4 is 8.56 Å². The molecule has 0 saturated heterocycles. The molecule has 0 atom stereocenters. The molecular formula is C15H37N3Si. The third-order valence-corrected chi connectivity index (χ3v) is 7.82.